The number of aromatic nitrogens is 2. The fraction of sp³-hybridized carbons (Fsp3) is 0.500. The molecule has 18 heavy (non-hydrogen) atoms. The minimum Gasteiger partial charge on any atom is -2.00 e. The summed E-state index contributed by atoms with van der Waals surface area (Å²) in [6.07, 6.45) is 3.44. The summed E-state index contributed by atoms with van der Waals surface area (Å²) in [4.78, 5) is 10.8. The van der Waals surface area contributed by atoms with Crippen LogP contribution < -0.4 is 10.6 Å². The SMILES string of the molecule is CN/C(=N/C#N)NCCSCc1nc[nH]c1C.[H+].[H+].[S-2]. The van der Waals surface area contributed by atoms with Crippen LogP contribution in [-0.4, -0.2) is 35.3 Å². The molecule has 0 saturated heterocycles. The van der Waals surface area contributed by atoms with Gasteiger partial charge in [0.05, 0.1) is 12.0 Å². The molecule has 1 heterocycles. The predicted octanol–water partition coefficient (Wildman–Crippen LogP) is 0.820. The van der Waals surface area contributed by atoms with Crippen LogP contribution in [0.2, 0.25) is 0 Å². The number of hydrogen-bond acceptors (Lipinski definition) is 4. The van der Waals surface area contributed by atoms with E-state index in [1.54, 1.807) is 31.3 Å². The fourth-order valence-electron chi connectivity index (χ4n) is 1.18. The topological polar surface area (TPSA) is 88.9 Å². The third kappa shape index (κ3) is 5.84. The van der Waals surface area contributed by atoms with Gasteiger partial charge in [-0.25, -0.2) is 4.98 Å². The molecule has 0 aromatic carbocycles. The molecule has 0 radical (unpaired) electrons. The Labute approximate surface area is 121 Å². The number of aryl methyl sites for hydroxylation is 1. The smallest absolute Gasteiger partial charge is 1.00 e. The maximum absolute atomic E-state index is 8.39. The summed E-state index contributed by atoms with van der Waals surface area (Å²) < 4.78 is 0. The van der Waals surface area contributed by atoms with Gasteiger partial charge in [0, 0.05) is 30.8 Å². The minimum atomic E-state index is 0. The molecular weight excluding hydrogens is 268 g/mol. The van der Waals surface area contributed by atoms with Crippen molar-refractivity contribution in [1.82, 2.24) is 20.6 Å². The minimum absolute atomic E-state index is 0. The van der Waals surface area contributed by atoms with Crippen LogP contribution in [-0.2, 0) is 19.2 Å². The maximum Gasteiger partial charge on any atom is 1.00 e. The molecule has 0 atom stereocenters. The molecule has 0 aliphatic carbocycles. The number of nitrogens with zero attached hydrogens (tertiary/aromatic N) is 3. The Morgan fingerprint density at radius 3 is 3.06 bits per heavy atom. The van der Waals surface area contributed by atoms with Crippen LogP contribution in [0.25, 0.3) is 0 Å². The van der Waals surface area contributed by atoms with Crippen molar-refractivity contribution < 1.29 is 2.85 Å². The van der Waals surface area contributed by atoms with Crippen molar-refractivity contribution in [1.29, 1.82) is 5.26 Å². The molecule has 1 rings (SSSR count). The van der Waals surface area contributed by atoms with Gasteiger partial charge in [-0.05, 0) is 6.92 Å². The Morgan fingerprint density at radius 2 is 2.50 bits per heavy atom. The van der Waals surface area contributed by atoms with Crippen LogP contribution in [0.1, 0.15) is 14.2 Å². The fourth-order valence-corrected chi connectivity index (χ4v) is 2.05. The van der Waals surface area contributed by atoms with Crippen molar-refractivity contribution in [3.8, 4) is 6.19 Å². The molecule has 0 amide bonds. The number of nitriles is 1. The monoisotopic (exact) mass is 286 g/mol. The van der Waals surface area contributed by atoms with E-state index in [2.05, 4.69) is 25.6 Å². The van der Waals surface area contributed by atoms with E-state index in [4.69, 9.17) is 5.26 Å². The van der Waals surface area contributed by atoms with E-state index in [-0.39, 0.29) is 16.3 Å². The van der Waals surface area contributed by atoms with Gasteiger partial charge in [-0.3, -0.25) is 0 Å². The van der Waals surface area contributed by atoms with E-state index in [9.17, 15) is 0 Å². The lowest BCUT2D eigenvalue weighted by Gasteiger charge is -2.06. The summed E-state index contributed by atoms with van der Waals surface area (Å²) in [5.74, 6) is 2.32. The van der Waals surface area contributed by atoms with E-state index >= 15 is 0 Å². The van der Waals surface area contributed by atoms with E-state index in [1.807, 2.05) is 6.92 Å². The first-order valence-corrected chi connectivity index (χ1v) is 6.38. The van der Waals surface area contributed by atoms with Gasteiger partial charge < -0.3 is 29.1 Å². The summed E-state index contributed by atoms with van der Waals surface area (Å²) >= 11 is 1.79. The van der Waals surface area contributed by atoms with E-state index in [0.29, 0.717) is 5.96 Å². The molecule has 3 N–H and O–H groups in total. The highest BCUT2D eigenvalue weighted by Gasteiger charge is 2.00. The highest BCUT2D eigenvalue weighted by Crippen LogP contribution is 2.11. The molecule has 0 unspecified atom stereocenters. The van der Waals surface area contributed by atoms with Gasteiger partial charge in [-0.2, -0.15) is 17.0 Å². The second-order valence-electron chi connectivity index (χ2n) is 3.26. The molecule has 0 aliphatic heterocycles. The Hall–Kier alpha value is -1.33. The van der Waals surface area contributed by atoms with Gasteiger partial charge in [-0.1, -0.05) is 0 Å². The number of guanidine groups is 1. The Kier molecular flexibility index (Phi) is 8.96. The quantitative estimate of drug-likeness (QED) is 0.323. The lowest BCUT2D eigenvalue weighted by molar-refractivity contribution is 0.917. The molecule has 0 aliphatic rings. The standard InChI is InChI=1S/C10H16N6S.S/c1-8-9(16-7-15-8)5-17-4-3-13-10(12-2)14-6-11;/h7H,3-5H2,1-2H3,(H,15,16)(H2,12,13,14);/q;-2/p+2. The van der Waals surface area contributed by atoms with E-state index in [0.717, 1.165) is 29.4 Å². The molecule has 8 heteroatoms. The number of H-pyrrole nitrogens is 1. The zero-order chi connectivity index (χ0) is 12.5. The van der Waals surface area contributed by atoms with Gasteiger partial charge in [0.2, 0.25) is 12.2 Å². The van der Waals surface area contributed by atoms with Crippen LogP contribution in [0.15, 0.2) is 11.3 Å². The zero-order valence-electron chi connectivity index (χ0n) is 12.4. The predicted molar refractivity (Wildman–Crippen MR) is 79.2 cm³/mol. The van der Waals surface area contributed by atoms with Crippen LogP contribution in [0, 0.1) is 18.4 Å². The van der Waals surface area contributed by atoms with E-state index < -0.39 is 0 Å². The Balaban J connectivity index is -0.000000963. The third-order valence-corrected chi connectivity index (χ3v) is 3.08. The van der Waals surface area contributed by atoms with Crippen molar-refractivity contribution in [3.05, 3.63) is 17.7 Å². The highest BCUT2D eigenvalue weighted by molar-refractivity contribution is 7.98. The number of aliphatic imine (C=N–C) groups is 1. The Bertz CT molecular complexity index is 418. The van der Waals surface area contributed by atoms with Crippen LogP contribution in [0.3, 0.4) is 0 Å². The maximum atomic E-state index is 8.39. The Morgan fingerprint density at radius 1 is 1.72 bits per heavy atom. The second kappa shape index (κ2) is 9.67. The molecule has 0 bridgehead atoms. The van der Waals surface area contributed by atoms with E-state index in [1.165, 1.54) is 0 Å². The van der Waals surface area contributed by atoms with Gasteiger partial charge in [0.15, 0.2) is 0 Å². The van der Waals surface area contributed by atoms with Crippen LogP contribution in [0.5, 0.6) is 0 Å². The number of aromatic amines is 1. The average Bonchev–Trinajstić information content (AvgIpc) is 2.73. The molecule has 100 valence electrons. The van der Waals surface area contributed by atoms with Crippen LogP contribution in [0.4, 0.5) is 0 Å². The third-order valence-electron chi connectivity index (χ3n) is 2.11. The lowest BCUT2D eigenvalue weighted by atomic mass is 10.4. The average molecular weight is 286 g/mol. The summed E-state index contributed by atoms with van der Waals surface area (Å²) in [7, 11) is 1.73. The van der Waals surface area contributed by atoms with Gasteiger partial charge in [0.25, 0.3) is 0 Å². The summed E-state index contributed by atoms with van der Waals surface area (Å²) in [5, 5.41) is 14.2. The number of thioether (sulfide) groups is 1. The zero-order valence-corrected chi connectivity index (χ0v) is 12.0. The first-order chi connectivity index (χ1) is 8.27. The first kappa shape index (κ1) is 16.7. The van der Waals surface area contributed by atoms with Crippen molar-refractivity contribution in [2.24, 2.45) is 4.99 Å². The number of nitrogens with one attached hydrogen (secondary N) is 3. The molecule has 0 spiro atoms. The lowest BCUT2D eigenvalue weighted by Crippen LogP contribution is -2.35. The number of hydrogen-bond donors (Lipinski definition) is 3. The second-order valence-corrected chi connectivity index (χ2v) is 4.37. The first-order valence-electron chi connectivity index (χ1n) is 5.23. The molecular formula is C10H18N6S2. The molecule has 0 fully saturated rings. The summed E-state index contributed by atoms with van der Waals surface area (Å²) in [5.41, 5.74) is 2.21. The van der Waals surface area contributed by atoms with Crippen molar-refractivity contribution in [2.75, 3.05) is 19.3 Å². The summed E-state index contributed by atoms with van der Waals surface area (Å²) in [6, 6.07) is 0. The van der Waals surface area contributed by atoms with Crippen molar-refractivity contribution >= 4 is 31.2 Å². The molecule has 6 nitrogen and oxygen atoms in total. The number of imidazole rings is 1. The molecule has 1 aromatic heterocycles. The largest absolute Gasteiger partial charge is 2.00 e. The number of rotatable bonds is 5. The normalized spacial score (nSPS) is 10.4. The van der Waals surface area contributed by atoms with Gasteiger partial charge >= 0.3 is 2.85 Å². The summed E-state index contributed by atoms with van der Waals surface area (Å²) in [6.45, 7) is 2.77. The van der Waals surface area contributed by atoms with Crippen molar-refractivity contribution in [2.45, 2.75) is 12.7 Å². The van der Waals surface area contributed by atoms with Crippen LogP contribution >= 0.6 is 11.8 Å². The van der Waals surface area contributed by atoms with Gasteiger partial charge in [0.1, 0.15) is 0 Å². The molecule has 1 aromatic rings. The van der Waals surface area contributed by atoms with Gasteiger partial charge in [-0.15, -0.1) is 4.99 Å². The van der Waals surface area contributed by atoms with Crippen molar-refractivity contribution in [3.63, 3.8) is 0 Å². The highest BCUT2D eigenvalue weighted by atomic mass is 32.2. The molecule has 0 saturated carbocycles.